The van der Waals surface area contributed by atoms with Gasteiger partial charge in [-0.3, -0.25) is 0 Å². The average molecular weight is 158 g/mol. The molecular weight excluding hydrogens is 152 g/mol. The third-order valence-corrected chi connectivity index (χ3v) is 1.21. The molecule has 0 atom stereocenters. The zero-order valence-corrected chi connectivity index (χ0v) is 6.53. The highest BCUT2D eigenvalue weighted by atomic mass is 16.5. The molecule has 0 saturated carbocycles. The third-order valence-electron chi connectivity index (χ3n) is 1.21. The Morgan fingerprint density at radius 1 is 1.58 bits per heavy atom. The SMILES string of the molecule is COc1cc(C#CC#N)ccn1. The second-order valence-corrected chi connectivity index (χ2v) is 1.95. The largest absolute Gasteiger partial charge is 0.481 e. The normalized spacial score (nSPS) is 7.67. The smallest absolute Gasteiger partial charge is 0.214 e. The molecule has 0 N–H and O–H groups in total. The van der Waals surface area contributed by atoms with Crippen molar-refractivity contribution in [1.82, 2.24) is 4.98 Å². The van der Waals surface area contributed by atoms with E-state index in [1.165, 1.54) is 7.11 Å². The van der Waals surface area contributed by atoms with Gasteiger partial charge in [-0.25, -0.2) is 4.98 Å². The van der Waals surface area contributed by atoms with E-state index >= 15 is 0 Å². The summed E-state index contributed by atoms with van der Waals surface area (Å²) in [6, 6.07) is 5.12. The van der Waals surface area contributed by atoms with Gasteiger partial charge < -0.3 is 4.74 Å². The van der Waals surface area contributed by atoms with E-state index in [1.807, 2.05) is 0 Å². The number of methoxy groups -OCH3 is 1. The molecule has 0 radical (unpaired) electrons. The summed E-state index contributed by atoms with van der Waals surface area (Å²) in [4.78, 5) is 3.89. The first-order chi connectivity index (χ1) is 5.86. The van der Waals surface area contributed by atoms with E-state index in [-0.39, 0.29) is 0 Å². The number of pyridine rings is 1. The van der Waals surface area contributed by atoms with Gasteiger partial charge >= 0.3 is 0 Å². The lowest BCUT2D eigenvalue weighted by Crippen LogP contribution is -1.86. The Labute approximate surface area is 70.6 Å². The van der Waals surface area contributed by atoms with Crippen LogP contribution in [0.2, 0.25) is 0 Å². The van der Waals surface area contributed by atoms with E-state index < -0.39 is 0 Å². The standard InChI is InChI=1S/C9H6N2O/c1-12-9-7-8(3-2-5-10)4-6-11-9/h4,6-7H,1H3. The highest BCUT2D eigenvalue weighted by Crippen LogP contribution is 2.06. The first kappa shape index (κ1) is 8.10. The topological polar surface area (TPSA) is 45.9 Å². The molecule has 0 fully saturated rings. The fraction of sp³-hybridized carbons (Fsp3) is 0.111. The van der Waals surface area contributed by atoms with Crippen molar-refractivity contribution in [2.45, 2.75) is 0 Å². The van der Waals surface area contributed by atoms with Crippen LogP contribution in [0.5, 0.6) is 5.88 Å². The number of nitrogens with zero attached hydrogens (tertiary/aromatic N) is 2. The number of ether oxygens (including phenoxy) is 1. The Balaban J connectivity index is 2.96. The van der Waals surface area contributed by atoms with Crippen molar-refractivity contribution in [3.8, 4) is 23.8 Å². The van der Waals surface area contributed by atoms with E-state index in [1.54, 1.807) is 24.4 Å². The van der Waals surface area contributed by atoms with Crippen LogP contribution in [0.25, 0.3) is 0 Å². The first-order valence-electron chi connectivity index (χ1n) is 3.27. The monoisotopic (exact) mass is 158 g/mol. The minimum atomic E-state index is 0.500. The summed E-state index contributed by atoms with van der Waals surface area (Å²) in [5.41, 5.74) is 0.725. The van der Waals surface area contributed by atoms with Crippen LogP contribution in [0.4, 0.5) is 0 Å². The van der Waals surface area contributed by atoms with Crippen molar-refractivity contribution in [2.75, 3.05) is 7.11 Å². The fourth-order valence-electron chi connectivity index (χ4n) is 0.699. The van der Waals surface area contributed by atoms with E-state index in [2.05, 4.69) is 16.8 Å². The Bertz CT molecular complexity index is 368. The third kappa shape index (κ3) is 2.00. The van der Waals surface area contributed by atoms with Crippen LogP contribution < -0.4 is 4.74 Å². The number of hydrogen-bond donors (Lipinski definition) is 0. The second-order valence-electron chi connectivity index (χ2n) is 1.95. The van der Waals surface area contributed by atoms with Crippen LogP contribution in [0.15, 0.2) is 18.3 Å². The Kier molecular flexibility index (Phi) is 2.70. The lowest BCUT2D eigenvalue weighted by atomic mass is 10.3. The van der Waals surface area contributed by atoms with Gasteiger partial charge in [-0.2, -0.15) is 5.26 Å². The second kappa shape index (κ2) is 4.00. The molecule has 1 rings (SSSR count). The minimum Gasteiger partial charge on any atom is -0.481 e. The van der Waals surface area contributed by atoms with Gasteiger partial charge in [0.05, 0.1) is 7.11 Å². The fourth-order valence-corrected chi connectivity index (χ4v) is 0.699. The molecule has 0 amide bonds. The van der Waals surface area contributed by atoms with Crippen LogP contribution in [0.1, 0.15) is 5.56 Å². The van der Waals surface area contributed by atoms with Gasteiger partial charge in [0.1, 0.15) is 0 Å². The van der Waals surface area contributed by atoms with Crippen molar-refractivity contribution in [3.05, 3.63) is 23.9 Å². The lowest BCUT2D eigenvalue weighted by Gasteiger charge is -1.96. The van der Waals surface area contributed by atoms with E-state index in [9.17, 15) is 0 Å². The molecule has 0 aromatic carbocycles. The van der Waals surface area contributed by atoms with E-state index in [0.717, 1.165) is 5.56 Å². The number of aromatic nitrogens is 1. The summed E-state index contributed by atoms with van der Waals surface area (Å²) >= 11 is 0. The zero-order chi connectivity index (χ0) is 8.81. The molecule has 3 nitrogen and oxygen atoms in total. The molecule has 3 heteroatoms. The van der Waals surface area contributed by atoms with Gasteiger partial charge in [-0.15, -0.1) is 0 Å². The van der Waals surface area contributed by atoms with Crippen molar-refractivity contribution >= 4 is 0 Å². The van der Waals surface area contributed by atoms with Gasteiger partial charge in [0.2, 0.25) is 5.88 Å². The molecule has 12 heavy (non-hydrogen) atoms. The maximum absolute atomic E-state index is 8.18. The molecule has 0 aliphatic heterocycles. The Morgan fingerprint density at radius 2 is 2.42 bits per heavy atom. The predicted molar refractivity (Wildman–Crippen MR) is 43.3 cm³/mol. The highest BCUT2D eigenvalue weighted by Gasteiger charge is 1.91. The molecule has 1 aromatic rings. The summed E-state index contributed by atoms with van der Waals surface area (Å²) in [7, 11) is 1.53. The molecule has 0 aliphatic rings. The maximum Gasteiger partial charge on any atom is 0.214 e. The Morgan fingerprint density at radius 3 is 3.08 bits per heavy atom. The number of hydrogen-bond acceptors (Lipinski definition) is 3. The van der Waals surface area contributed by atoms with Crippen molar-refractivity contribution in [3.63, 3.8) is 0 Å². The van der Waals surface area contributed by atoms with E-state index in [4.69, 9.17) is 10.00 Å². The zero-order valence-electron chi connectivity index (χ0n) is 6.53. The van der Waals surface area contributed by atoms with Crippen LogP contribution in [0.3, 0.4) is 0 Å². The predicted octanol–water partition coefficient (Wildman–Crippen LogP) is 0.965. The minimum absolute atomic E-state index is 0.500. The lowest BCUT2D eigenvalue weighted by molar-refractivity contribution is 0.398. The molecular formula is C9H6N2O. The van der Waals surface area contributed by atoms with Gasteiger partial charge in [-0.05, 0) is 6.07 Å². The molecule has 1 aromatic heterocycles. The quantitative estimate of drug-likeness (QED) is 0.572. The van der Waals surface area contributed by atoms with Crippen LogP contribution >= 0.6 is 0 Å². The molecule has 0 spiro atoms. The average Bonchev–Trinajstić information content (AvgIpc) is 2.15. The van der Waals surface area contributed by atoms with Crippen molar-refractivity contribution in [2.24, 2.45) is 0 Å². The van der Waals surface area contributed by atoms with Crippen LogP contribution in [-0.4, -0.2) is 12.1 Å². The van der Waals surface area contributed by atoms with Gasteiger partial charge in [0.15, 0.2) is 6.07 Å². The molecule has 0 aliphatic carbocycles. The molecule has 0 bridgehead atoms. The summed E-state index contributed by atoms with van der Waals surface area (Å²) in [6.07, 6.45) is 1.58. The number of rotatable bonds is 1. The van der Waals surface area contributed by atoms with Gasteiger partial charge in [-0.1, -0.05) is 5.92 Å². The number of nitriles is 1. The van der Waals surface area contributed by atoms with Crippen molar-refractivity contribution < 1.29 is 4.74 Å². The van der Waals surface area contributed by atoms with Crippen LogP contribution in [-0.2, 0) is 0 Å². The summed E-state index contributed by atoms with van der Waals surface area (Å²) < 4.78 is 4.87. The summed E-state index contributed by atoms with van der Waals surface area (Å²) in [5, 5.41) is 8.18. The van der Waals surface area contributed by atoms with Crippen LogP contribution in [0, 0.1) is 23.2 Å². The summed E-state index contributed by atoms with van der Waals surface area (Å²) in [6.45, 7) is 0. The first-order valence-corrected chi connectivity index (χ1v) is 3.27. The molecule has 58 valence electrons. The van der Waals surface area contributed by atoms with Gasteiger partial charge in [0, 0.05) is 23.7 Å². The van der Waals surface area contributed by atoms with Gasteiger partial charge in [0.25, 0.3) is 0 Å². The molecule has 0 unspecified atom stereocenters. The highest BCUT2D eigenvalue weighted by molar-refractivity contribution is 5.39. The Hall–Kier alpha value is -2.00. The van der Waals surface area contributed by atoms with Crippen molar-refractivity contribution in [1.29, 1.82) is 5.26 Å². The molecule has 1 heterocycles. The maximum atomic E-state index is 8.18. The van der Waals surface area contributed by atoms with E-state index in [0.29, 0.717) is 5.88 Å². The molecule has 0 saturated heterocycles. The summed E-state index contributed by atoms with van der Waals surface area (Å²) in [5.74, 6) is 5.43.